The number of esters is 1. The predicted octanol–water partition coefficient (Wildman–Crippen LogP) is 4.01. The van der Waals surface area contributed by atoms with Gasteiger partial charge in [0.2, 0.25) is 0 Å². The highest BCUT2D eigenvalue weighted by atomic mass is 16.7. The molecule has 0 bridgehead atoms. The fourth-order valence-corrected chi connectivity index (χ4v) is 2.27. The zero-order valence-electron chi connectivity index (χ0n) is 13.3. The Balaban J connectivity index is 4.36. The first-order chi connectivity index (χ1) is 8.00. The molecule has 0 N–H and O–H groups in total. The molecule has 3 nitrogen and oxygen atoms in total. The Bertz CT molecular complexity index is 244. The predicted molar refractivity (Wildman–Crippen MR) is 74.2 cm³/mol. The molecule has 0 spiro atoms. The van der Waals surface area contributed by atoms with Crippen molar-refractivity contribution in [2.24, 2.45) is 16.7 Å². The molecule has 1 atom stereocenters. The first kappa shape index (κ1) is 17.4. The summed E-state index contributed by atoms with van der Waals surface area (Å²) in [5.74, 6) is -0.240. The molecule has 0 radical (unpaired) electrons. The van der Waals surface area contributed by atoms with Crippen LogP contribution in [0.15, 0.2) is 0 Å². The minimum Gasteiger partial charge on any atom is -0.438 e. The van der Waals surface area contributed by atoms with Crippen LogP contribution < -0.4 is 0 Å². The van der Waals surface area contributed by atoms with Gasteiger partial charge in [-0.05, 0) is 17.3 Å². The van der Waals surface area contributed by atoms with Crippen molar-refractivity contribution in [3.63, 3.8) is 0 Å². The number of ether oxygens (including phenoxy) is 2. The van der Waals surface area contributed by atoms with E-state index in [4.69, 9.17) is 9.47 Å². The Labute approximate surface area is 112 Å². The summed E-state index contributed by atoms with van der Waals surface area (Å²) >= 11 is 0. The third-order valence-electron chi connectivity index (χ3n) is 3.02. The SMILES string of the molecule is CCC(C)C(=O)OCOC(C(C)(C)C)C(C)(C)C. The molecule has 0 saturated heterocycles. The maximum Gasteiger partial charge on any atom is 0.310 e. The van der Waals surface area contributed by atoms with Gasteiger partial charge in [-0.1, -0.05) is 55.4 Å². The first-order valence-corrected chi connectivity index (χ1v) is 6.78. The molecule has 0 fully saturated rings. The van der Waals surface area contributed by atoms with Crippen LogP contribution in [0.4, 0.5) is 0 Å². The van der Waals surface area contributed by atoms with Crippen LogP contribution in [0.1, 0.15) is 61.8 Å². The average Bonchev–Trinajstić information content (AvgIpc) is 2.19. The van der Waals surface area contributed by atoms with Crippen molar-refractivity contribution in [1.82, 2.24) is 0 Å². The lowest BCUT2D eigenvalue weighted by atomic mass is 9.74. The Morgan fingerprint density at radius 1 is 1.06 bits per heavy atom. The van der Waals surface area contributed by atoms with Crippen LogP contribution in [0.25, 0.3) is 0 Å². The van der Waals surface area contributed by atoms with Crippen LogP contribution in [0.5, 0.6) is 0 Å². The molecular weight excluding hydrogens is 228 g/mol. The Morgan fingerprint density at radius 3 is 1.83 bits per heavy atom. The smallest absolute Gasteiger partial charge is 0.310 e. The van der Waals surface area contributed by atoms with Gasteiger partial charge in [0.05, 0.1) is 12.0 Å². The van der Waals surface area contributed by atoms with Gasteiger partial charge >= 0.3 is 5.97 Å². The molecule has 0 amide bonds. The highest BCUT2D eigenvalue weighted by Gasteiger charge is 2.36. The number of rotatable bonds is 5. The molecule has 0 aliphatic rings. The molecule has 0 heterocycles. The molecule has 108 valence electrons. The van der Waals surface area contributed by atoms with Gasteiger partial charge in [0.25, 0.3) is 0 Å². The van der Waals surface area contributed by atoms with E-state index in [1.54, 1.807) is 0 Å². The monoisotopic (exact) mass is 258 g/mol. The average molecular weight is 258 g/mol. The lowest BCUT2D eigenvalue weighted by molar-refractivity contribution is -0.181. The molecule has 0 aliphatic carbocycles. The Morgan fingerprint density at radius 2 is 1.50 bits per heavy atom. The normalized spacial score (nSPS) is 14.7. The summed E-state index contributed by atoms with van der Waals surface area (Å²) in [6.45, 7) is 16.7. The van der Waals surface area contributed by atoms with Gasteiger partial charge in [-0.2, -0.15) is 0 Å². The third-order valence-corrected chi connectivity index (χ3v) is 3.02. The minimum atomic E-state index is -0.181. The van der Waals surface area contributed by atoms with Crippen molar-refractivity contribution in [3.05, 3.63) is 0 Å². The van der Waals surface area contributed by atoms with Crippen molar-refractivity contribution < 1.29 is 14.3 Å². The van der Waals surface area contributed by atoms with Crippen molar-refractivity contribution in [2.75, 3.05) is 6.79 Å². The van der Waals surface area contributed by atoms with Crippen molar-refractivity contribution >= 4 is 5.97 Å². The zero-order chi connectivity index (χ0) is 14.6. The number of carbonyl (C=O) groups is 1. The summed E-state index contributed by atoms with van der Waals surface area (Å²) in [5.41, 5.74) is 0.0298. The highest BCUT2D eigenvalue weighted by Crippen LogP contribution is 2.35. The zero-order valence-corrected chi connectivity index (χ0v) is 13.3. The van der Waals surface area contributed by atoms with Gasteiger partial charge in [0, 0.05) is 0 Å². The molecule has 0 rings (SSSR count). The minimum absolute atomic E-state index is 0.0149. The molecule has 1 unspecified atom stereocenters. The summed E-state index contributed by atoms with van der Waals surface area (Å²) in [6, 6.07) is 0. The second-order valence-corrected chi connectivity index (χ2v) is 7.17. The second-order valence-electron chi connectivity index (χ2n) is 7.17. The lowest BCUT2D eigenvalue weighted by Gasteiger charge is -2.40. The van der Waals surface area contributed by atoms with Crippen molar-refractivity contribution in [1.29, 1.82) is 0 Å². The van der Waals surface area contributed by atoms with Gasteiger partial charge in [-0.15, -0.1) is 0 Å². The van der Waals surface area contributed by atoms with E-state index in [1.807, 2.05) is 13.8 Å². The van der Waals surface area contributed by atoms with Crippen LogP contribution in [0.2, 0.25) is 0 Å². The van der Waals surface area contributed by atoms with E-state index < -0.39 is 0 Å². The number of carbonyl (C=O) groups excluding carboxylic acids is 1. The van der Waals surface area contributed by atoms with E-state index in [1.165, 1.54) is 0 Å². The summed E-state index contributed by atoms with van der Waals surface area (Å²) in [6.07, 6.45) is 0.829. The van der Waals surface area contributed by atoms with E-state index >= 15 is 0 Å². The Kier molecular flexibility index (Phi) is 6.35. The lowest BCUT2D eigenvalue weighted by Crippen LogP contribution is -2.41. The third kappa shape index (κ3) is 5.85. The van der Waals surface area contributed by atoms with Gasteiger partial charge in [0.15, 0.2) is 6.79 Å². The van der Waals surface area contributed by atoms with Gasteiger partial charge in [-0.25, -0.2) is 0 Å². The van der Waals surface area contributed by atoms with E-state index in [-0.39, 0.29) is 35.6 Å². The van der Waals surface area contributed by atoms with Crippen LogP contribution in [0.3, 0.4) is 0 Å². The topological polar surface area (TPSA) is 35.5 Å². The fourth-order valence-electron chi connectivity index (χ4n) is 2.27. The molecule has 0 aliphatic heterocycles. The first-order valence-electron chi connectivity index (χ1n) is 6.78. The number of hydrogen-bond acceptors (Lipinski definition) is 3. The van der Waals surface area contributed by atoms with Gasteiger partial charge in [0.1, 0.15) is 0 Å². The maximum atomic E-state index is 11.6. The van der Waals surface area contributed by atoms with E-state index in [0.29, 0.717) is 0 Å². The quantitative estimate of drug-likeness (QED) is 0.552. The van der Waals surface area contributed by atoms with E-state index in [9.17, 15) is 4.79 Å². The van der Waals surface area contributed by atoms with Gasteiger partial charge in [-0.3, -0.25) is 4.79 Å². The van der Waals surface area contributed by atoms with Crippen LogP contribution in [-0.2, 0) is 14.3 Å². The largest absolute Gasteiger partial charge is 0.438 e. The Hall–Kier alpha value is -0.570. The van der Waals surface area contributed by atoms with Crippen LogP contribution in [-0.4, -0.2) is 18.9 Å². The number of hydrogen-bond donors (Lipinski definition) is 0. The van der Waals surface area contributed by atoms with E-state index in [0.717, 1.165) is 6.42 Å². The maximum absolute atomic E-state index is 11.6. The molecule has 0 aromatic rings. The summed E-state index contributed by atoms with van der Waals surface area (Å²) in [5, 5.41) is 0. The van der Waals surface area contributed by atoms with Crippen molar-refractivity contribution in [3.8, 4) is 0 Å². The molecule has 0 saturated carbocycles. The molecule has 3 heteroatoms. The van der Waals surface area contributed by atoms with E-state index in [2.05, 4.69) is 41.5 Å². The fraction of sp³-hybridized carbons (Fsp3) is 0.933. The summed E-state index contributed by atoms with van der Waals surface area (Å²) < 4.78 is 10.9. The van der Waals surface area contributed by atoms with Crippen LogP contribution >= 0.6 is 0 Å². The highest BCUT2D eigenvalue weighted by molar-refractivity contribution is 5.71. The summed E-state index contributed by atoms with van der Waals surface area (Å²) in [7, 11) is 0. The summed E-state index contributed by atoms with van der Waals surface area (Å²) in [4.78, 5) is 11.6. The molecule has 18 heavy (non-hydrogen) atoms. The molecular formula is C15H30O3. The molecule has 0 aromatic heterocycles. The standard InChI is InChI=1S/C15H30O3/c1-9-11(2)12(16)17-10-18-13(14(3,4)5)15(6,7)8/h11,13H,9-10H2,1-8H3. The van der Waals surface area contributed by atoms with Crippen molar-refractivity contribution in [2.45, 2.75) is 67.9 Å². The van der Waals surface area contributed by atoms with Crippen LogP contribution in [0, 0.1) is 16.7 Å². The molecule has 0 aromatic carbocycles. The second kappa shape index (κ2) is 6.55. The van der Waals surface area contributed by atoms with Gasteiger partial charge < -0.3 is 9.47 Å².